The molecule has 0 amide bonds. The molecule has 0 saturated heterocycles. The van der Waals surface area contributed by atoms with E-state index >= 15 is 0 Å². The highest BCUT2D eigenvalue weighted by atomic mass is 16.5. The number of nitrogen functional groups attached to an aromatic ring is 1. The van der Waals surface area contributed by atoms with Crippen LogP contribution in [0, 0.1) is 0 Å². The van der Waals surface area contributed by atoms with Gasteiger partial charge >= 0.3 is 0 Å². The molecule has 0 bridgehead atoms. The number of nitrogens with zero attached hydrogens (tertiary/aromatic N) is 1. The molecule has 3 heteroatoms. The van der Waals surface area contributed by atoms with Crippen LogP contribution in [0.4, 0.5) is 5.69 Å². The summed E-state index contributed by atoms with van der Waals surface area (Å²) in [5, 5.41) is 0. The van der Waals surface area contributed by atoms with E-state index in [1.54, 1.807) is 6.20 Å². The molecule has 1 unspecified atom stereocenters. The number of para-hydroxylation sites is 1. The van der Waals surface area contributed by atoms with Gasteiger partial charge < -0.3 is 10.5 Å². The first-order chi connectivity index (χ1) is 8.84. The zero-order valence-corrected chi connectivity index (χ0v) is 10.2. The van der Waals surface area contributed by atoms with Crippen molar-refractivity contribution in [3.05, 3.63) is 53.9 Å². The topological polar surface area (TPSA) is 48.1 Å². The van der Waals surface area contributed by atoms with Gasteiger partial charge in [-0.3, -0.25) is 4.98 Å². The fraction of sp³-hybridized carbons (Fsp3) is 0.267. The van der Waals surface area contributed by atoms with Crippen molar-refractivity contribution in [3.63, 3.8) is 0 Å². The Labute approximate surface area is 107 Å². The summed E-state index contributed by atoms with van der Waals surface area (Å²) in [6.45, 7) is 0.777. The number of nitrogens with two attached hydrogens (primary N) is 1. The molecule has 2 aromatic rings. The summed E-state index contributed by atoms with van der Waals surface area (Å²) in [6.07, 6.45) is 5.58. The molecule has 92 valence electrons. The zero-order valence-electron chi connectivity index (χ0n) is 10.2. The van der Waals surface area contributed by atoms with Gasteiger partial charge in [0.25, 0.3) is 0 Å². The van der Waals surface area contributed by atoms with Crippen LogP contribution >= 0.6 is 0 Å². The number of hydrogen-bond acceptors (Lipinski definition) is 3. The maximum atomic E-state index is 5.93. The van der Waals surface area contributed by atoms with Crippen LogP contribution in [0.15, 0.2) is 42.7 Å². The summed E-state index contributed by atoms with van der Waals surface area (Å²) >= 11 is 0. The van der Waals surface area contributed by atoms with E-state index < -0.39 is 0 Å². The van der Waals surface area contributed by atoms with Gasteiger partial charge in [-0.05, 0) is 30.5 Å². The minimum Gasteiger partial charge on any atom is -0.493 e. The molecule has 2 N–H and O–H groups in total. The Morgan fingerprint density at radius 3 is 3.06 bits per heavy atom. The average Bonchev–Trinajstić information content (AvgIpc) is 2.81. The van der Waals surface area contributed by atoms with Gasteiger partial charge in [0, 0.05) is 29.6 Å². The Balaban J connectivity index is 1.71. The Morgan fingerprint density at radius 2 is 2.17 bits per heavy atom. The van der Waals surface area contributed by atoms with Gasteiger partial charge in [-0.25, -0.2) is 0 Å². The van der Waals surface area contributed by atoms with Crippen LogP contribution in [0.25, 0.3) is 0 Å². The van der Waals surface area contributed by atoms with Crippen molar-refractivity contribution in [2.24, 2.45) is 0 Å². The molecular formula is C15H16N2O. The summed E-state index contributed by atoms with van der Waals surface area (Å²) < 4.78 is 5.68. The summed E-state index contributed by atoms with van der Waals surface area (Å²) in [4.78, 5) is 4.12. The molecule has 1 aromatic heterocycles. The number of benzene rings is 1. The number of aryl methyl sites for hydroxylation is 1. The minimum atomic E-state index is 0.473. The van der Waals surface area contributed by atoms with E-state index in [4.69, 9.17) is 10.5 Å². The molecule has 0 aliphatic carbocycles. The highest BCUT2D eigenvalue weighted by Gasteiger charge is 2.23. The number of fused-ring (bicyclic) bond motifs is 1. The first-order valence-corrected chi connectivity index (χ1v) is 6.24. The standard InChI is InChI=1S/C15H16N2O/c16-14-7-8-17-9-11(14)5-6-12-10-18-15-4-2-1-3-13(12)15/h1-4,7-9,12H,5-6,10H2,(H2,16,17). The van der Waals surface area contributed by atoms with Crippen LogP contribution in [0.3, 0.4) is 0 Å². The molecule has 0 saturated carbocycles. The monoisotopic (exact) mass is 240 g/mol. The normalized spacial score (nSPS) is 17.2. The highest BCUT2D eigenvalue weighted by Crippen LogP contribution is 2.36. The number of anilines is 1. The Morgan fingerprint density at radius 1 is 1.28 bits per heavy atom. The van der Waals surface area contributed by atoms with E-state index in [2.05, 4.69) is 17.1 Å². The summed E-state index contributed by atoms with van der Waals surface area (Å²) in [6, 6.07) is 10.1. The number of hydrogen-bond donors (Lipinski definition) is 1. The lowest BCUT2D eigenvalue weighted by molar-refractivity contribution is 0.325. The lowest BCUT2D eigenvalue weighted by atomic mass is 9.94. The van der Waals surface area contributed by atoms with Crippen LogP contribution in [0.5, 0.6) is 5.75 Å². The molecule has 18 heavy (non-hydrogen) atoms. The van der Waals surface area contributed by atoms with Crippen LogP contribution in [-0.4, -0.2) is 11.6 Å². The quantitative estimate of drug-likeness (QED) is 0.897. The maximum absolute atomic E-state index is 5.93. The molecule has 0 spiro atoms. The fourth-order valence-corrected chi connectivity index (χ4v) is 2.44. The predicted molar refractivity (Wildman–Crippen MR) is 71.6 cm³/mol. The van der Waals surface area contributed by atoms with E-state index in [1.165, 1.54) is 5.56 Å². The minimum absolute atomic E-state index is 0.473. The molecule has 3 nitrogen and oxygen atoms in total. The number of aromatic nitrogens is 1. The largest absolute Gasteiger partial charge is 0.493 e. The van der Waals surface area contributed by atoms with Crippen molar-refractivity contribution < 1.29 is 4.74 Å². The zero-order chi connectivity index (χ0) is 12.4. The number of rotatable bonds is 3. The molecular weight excluding hydrogens is 224 g/mol. The predicted octanol–water partition coefficient (Wildman–Crippen LogP) is 2.77. The Bertz CT molecular complexity index is 554. The number of pyridine rings is 1. The summed E-state index contributed by atoms with van der Waals surface area (Å²) in [5.74, 6) is 1.50. The first kappa shape index (κ1) is 11.1. The third-order valence-electron chi connectivity index (χ3n) is 3.50. The van der Waals surface area contributed by atoms with Crippen LogP contribution in [0.1, 0.15) is 23.5 Å². The van der Waals surface area contributed by atoms with Gasteiger partial charge in [0.05, 0.1) is 6.61 Å². The summed E-state index contributed by atoms with van der Waals surface area (Å²) in [5.41, 5.74) is 9.21. The van der Waals surface area contributed by atoms with Crippen molar-refractivity contribution in [1.29, 1.82) is 0 Å². The van der Waals surface area contributed by atoms with Gasteiger partial charge in [0.2, 0.25) is 0 Å². The SMILES string of the molecule is Nc1ccncc1CCC1COc2ccccc21. The van der Waals surface area contributed by atoms with Crippen molar-refractivity contribution in [1.82, 2.24) is 4.98 Å². The Hall–Kier alpha value is -2.03. The molecule has 1 aromatic carbocycles. The van der Waals surface area contributed by atoms with E-state index in [9.17, 15) is 0 Å². The van der Waals surface area contributed by atoms with Crippen LogP contribution < -0.4 is 10.5 Å². The van der Waals surface area contributed by atoms with Crippen molar-refractivity contribution in [2.75, 3.05) is 12.3 Å². The molecule has 1 aliphatic rings. The second kappa shape index (κ2) is 4.69. The van der Waals surface area contributed by atoms with E-state index in [1.807, 2.05) is 24.4 Å². The third kappa shape index (κ3) is 2.04. The second-order valence-corrected chi connectivity index (χ2v) is 4.66. The lowest BCUT2D eigenvalue weighted by Crippen LogP contribution is -2.04. The molecule has 3 rings (SSSR count). The fourth-order valence-electron chi connectivity index (χ4n) is 2.44. The number of ether oxygens (including phenoxy) is 1. The summed E-state index contributed by atoms with van der Waals surface area (Å²) in [7, 11) is 0. The van der Waals surface area contributed by atoms with Crippen LogP contribution in [0.2, 0.25) is 0 Å². The lowest BCUT2D eigenvalue weighted by Gasteiger charge is -2.09. The molecule has 0 radical (unpaired) electrons. The van der Waals surface area contributed by atoms with Gasteiger partial charge in [0.1, 0.15) is 5.75 Å². The van der Waals surface area contributed by atoms with Gasteiger partial charge in [-0.15, -0.1) is 0 Å². The maximum Gasteiger partial charge on any atom is 0.122 e. The van der Waals surface area contributed by atoms with Gasteiger partial charge in [0.15, 0.2) is 0 Å². The second-order valence-electron chi connectivity index (χ2n) is 4.66. The van der Waals surface area contributed by atoms with Crippen molar-refractivity contribution >= 4 is 5.69 Å². The average molecular weight is 240 g/mol. The molecule has 0 fully saturated rings. The highest BCUT2D eigenvalue weighted by molar-refractivity contribution is 5.45. The van der Waals surface area contributed by atoms with E-state index in [0.717, 1.165) is 36.4 Å². The van der Waals surface area contributed by atoms with E-state index in [-0.39, 0.29) is 0 Å². The smallest absolute Gasteiger partial charge is 0.122 e. The Kier molecular flexibility index (Phi) is 2.89. The van der Waals surface area contributed by atoms with Gasteiger partial charge in [-0.1, -0.05) is 18.2 Å². The van der Waals surface area contributed by atoms with Crippen molar-refractivity contribution in [3.8, 4) is 5.75 Å². The molecule has 1 aliphatic heterocycles. The van der Waals surface area contributed by atoms with Crippen molar-refractivity contribution in [2.45, 2.75) is 18.8 Å². The third-order valence-corrected chi connectivity index (χ3v) is 3.50. The molecule has 1 atom stereocenters. The van der Waals surface area contributed by atoms with Crippen LogP contribution in [-0.2, 0) is 6.42 Å². The molecule has 2 heterocycles. The van der Waals surface area contributed by atoms with E-state index in [0.29, 0.717) is 5.92 Å². The van der Waals surface area contributed by atoms with Gasteiger partial charge in [-0.2, -0.15) is 0 Å². The first-order valence-electron chi connectivity index (χ1n) is 6.24.